The Bertz CT molecular complexity index is 526. The van der Waals surface area contributed by atoms with Gasteiger partial charge in [0, 0.05) is 6.07 Å². The number of carbonyl (C=O) groups is 2. The molecule has 0 unspecified atom stereocenters. The van der Waals surface area contributed by atoms with E-state index >= 15 is 0 Å². The molecule has 0 aliphatic rings. The Hall–Kier alpha value is -1.95. The first-order valence-electron chi connectivity index (χ1n) is 5.71. The lowest BCUT2D eigenvalue weighted by Gasteiger charge is -2.16. The Balaban J connectivity index is 3.46. The number of carbonyl (C=O) groups excluding carboxylic acids is 2. The van der Waals surface area contributed by atoms with E-state index in [-0.39, 0.29) is 34.4 Å². The minimum absolute atomic E-state index is 0.0116. The largest absolute Gasteiger partial charge is 0.493 e. The molecule has 0 saturated carbocycles. The summed E-state index contributed by atoms with van der Waals surface area (Å²) in [5.74, 6) is -1.44. The number of Topliss-reactive ketones (excluding diaryl/α,β-unsaturated/α-hetero) is 1. The molecule has 1 aromatic carbocycles. The number of esters is 1. The van der Waals surface area contributed by atoms with Crippen LogP contribution in [0.25, 0.3) is 0 Å². The van der Waals surface area contributed by atoms with E-state index in [2.05, 4.69) is 4.74 Å². The zero-order valence-corrected chi connectivity index (χ0v) is 12.4. The van der Waals surface area contributed by atoms with E-state index in [4.69, 9.17) is 25.8 Å². The molecule has 0 fully saturated rings. The number of hydrogen-bond donors (Lipinski definition) is 0. The maximum absolute atomic E-state index is 12.1. The first-order chi connectivity index (χ1) is 9.51. The molecule has 0 spiro atoms. The first-order valence-corrected chi connectivity index (χ1v) is 6.09. The van der Waals surface area contributed by atoms with Crippen LogP contribution < -0.4 is 14.2 Å². The third kappa shape index (κ3) is 2.96. The second-order valence-electron chi connectivity index (χ2n) is 3.55. The molecule has 0 aliphatic carbocycles. The van der Waals surface area contributed by atoms with Crippen LogP contribution in [0.5, 0.6) is 17.2 Å². The lowest BCUT2D eigenvalue weighted by molar-refractivity contribution is -0.137. The highest BCUT2D eigenvalue weighted by Gasteiger charge is 2.29. The lowest BCUT2D eigenvalue weighted by atomic mass is 10.1. The van der Waals surface area contributed by atoms with Crippen LogP contribution >= 0.6 is 11.6 Å². The van der Waals surface area contributed by atoms with E-state index in [0.717, 1.165) is 0 Å². The van der Waals surface area contributed by atoms with Crippen LogP contribution in [0.4, 0.5) is 0 Å². The number of halogens is 1. The molecule has 20 heavy (non-hydrogen) atoms. The SMILES string of the molecule is CCOC(=O)C(=O)c1c(Cl)cc(OC)c(OC)c1OC. The van der Waals surface area contributed by atoms with Crippen molar-refractivity contribution in [1.82, 2.24) is 0 Å². The van der Waals surface area contributed by atoms with Gasteiger partial charge in [-0.3, -0.25) is 4.79 Å². The number of hydrogen-bond acceptors (Lipinski definition) is 6. The highest BCUT2D eigenvalue weighted by atomic mass is 35.5. The Morgan fingerprint density at radius 1 is 1.10 bits per heavy atom. The molecule has 0 amide bonds. The van der Waals surface area contributed by atoms with Gasteiger partial charge in [0.25, 0.3) is 5.78 Å². The van der Waals surface area contributed by atoms with Crippen molar-refractivity contribution in [3.8, 4) is 17.2 Å². The number of benzene rings is 1. The Morgan fingerprint density at radius 2 is 1.70 bits per heavy atom. The molecule has 1 aromatic rings. The van der Waals surface area contributed by atoms with Crippen molar-refractivity contribution >= 4 is 23.4 Å². The van der Waals surface area contributed by atoms with E-state index in [9.17, 15) is 9.59 Å². The van der Waals surface area contributed by atoms with E-state index in [1.54, 1.807) is 6.92 Å². The Kier molecular flexibility index (Phi) is 5.64. The summed E-state index contributed by atoms with van der Waals surface area (Å²) in [6, 6.07) is 1.37. The summed E-state index contributed by atoms with van der Waals surface area (Å²) in [4.78, 5) is 23.6. The first kappa shape index (κ1) is 16.1. The number of methoxy groups -OCH3 is 3. The monoisotopic (exact) mass is 302 g/mol. The van der Waals surface area contributed by atoms with Gasteiger partial charge in [-0.15, -0.1) is 0 Å². The summed E-state index contributed by atoms with van der Waals surface area (Å²) < 4.78 is 20.0. The minimum Gasteiger partial charge on any atom is -0.493 e. The van der Waals surface area contributed by atoms with E-state index in [1.807, 2.05) is 0 Å². The van der Waals surface area contributed by atoms with Crippen LogP contribution in [0.1, 0.15) is 17.3 Å². The van der Waals surface area contributed by atoms with Crippen molar-refractivity contribution in [2.75, 3.05) is 27.9 Å². The van der Waals surface area contributed by atoms with Gasteiger partial charge in [0.05, 0.1) is 38.5 Å². The maximum Gasteiger partial charge on any atom is 0.379 e. The molecule has 0 saturated heterocycles. The zero-order valence-electron chi connectivity index (χ0n) is 11.6. The van der Waals surface area contributed by atoms with Gasteiger partial charge in [-0.2, -0.15) is 0 Å². The molecule has 0 radical (unpaired) electrons. The second kappa shape index (κ2) is 7.00. The van der Waals surface area contributed by atoms with Gasteiger partial charge in [-0.05, 0) is 6.92 Å². The summed E-state index contributed by atoms with van der Waals surface area (Å²) in [7, 11) is 4.13. The Morgan fingerprint density at radius 3 is 2.15 bits per heavy atom. The normalized spacial score (nSPS) is 9.85. The van der Waals surface area contributed by atoms with Crippen LogP contribution in [0, 0.1) is 0 Å². The molecule has 0 atom stereocenters. The highest BCUT2D eigenvalue weighted by molar-refractivity contribution is 6.46. The fourth-order valence-electron chi connectivity index (χ4n) is 1.64. The quantitative estimate of drug-likeness (QED) is 0.455. The molecular formula is C13H15ClO6. The number of rotatable bonds is 6. The topological polar surface area (TPSA) is 71.1 Å². The molecule has 0 bridgehead atoms. The number of ketones is 1. The van der Waals surface area contributed by atoms with Crippen molar-refractivity contribution in [2.24, 2.45) is 0 Å². The highest BCUT2D eigenvalue weighted by Crippen LogP contribution is 2.43. The van der Waals surface area contributed by atoms with Crippen LogP contribution in [0.2, 0.25) is 5.02 Å². The second-order valence-corrected chi connectivity index (χ2v) is 3.96. The molecule has 1 rings (SSSR count). The summed E-state index contributed by atoms with van der Waals surface area (Å²) in [6.07, 6.45) is 0. The van der Waals surface area contributed by atoms with Gasteiger partial charge in [0.1, 0.15) is 0 Å². The Labute approximate surface area is 121 Å². The molecule has 0 aliphatic heterocycles. The van der Waals surface area contributed by atoms with Crippen LogP contribution in [-0.2, 0) is 9.53 Å². The molecule has 0 aromatic heterocycles. The molecular weight excluding hydrogens is 288 g/mol. The third-order valence-electron chi connectivity index (χ3n) is 2.47. The molecule has 110 valence electrons. The fourth-order valence-corrected chi connectivity index (χ4v) is 1.91. The average molecular weight is 303 g/mol. The van der Waals surface area contributed by atoms with E-state index in [0.29, 0.717) is 0 Å². The predicted octanol–water partition coefficient (Wildman–Crippen LogP) is 2.11. The molecule has 0 heterocycles. The maximum atomic E-state index is 12.1. The average Bonchev–Trinajstić information content (AvgIpc) is 2.45. The smallest absolute Gasteiger partial charge is 0.379 e. The van der Waals surface area contributed by atoms with E-state index < -0.39 is 11.8 Å². The summed E-state index contributed by atoms with van der Waals surface area (Å²) in [5.41, 5.74) is -0.120. The van der Waals surface area contributed by atoms with Crippen LogP contribution in [0.3, 0.4) is 0 Å². The van der Waals surface area contributed by atoms with Gasteiger partial charge < -0.3 is 18.9 Å². The van der Waals surface area contributed by atoms with Crippen molar-refractivity contribution in [3.05, 3.63) is 16.7 Å². The van der Waals surface area contributed by atoms with Crippen molar-refractivity contribution in [1.29, 1.82) is 0 Å². The molecule has 7 heteroatoms. The fraction of sp³-hybridized carbons (Fsp3) is 0.385. The van der Waals surface area contributed by atoms with Gasteiger partial charge >= 0.3 is 5.97 Å². The minimum atomic E-state index is -1.01. The van der Waals surface area contributed by atoms with Gasteiger partial charge in [-0.25, -0.2) is 4.79 Å². The predicted molar refractivity (Wildman–Crippen MR) is 72.1 cm³/mol. The standard InChI is InChI=1S/C13H15ClO6/c1-5-20-13(16)10(15)9-7(14)6-8(17-2)11(18-3)12(9)19-4/h6H,5H2,1-4H3. The van der Waals surface area contributed by atoms with Crippen LogP contribution in [-0.4, -0.2) is 39.7 Å². The van der Waals surface area contributed by atoms with Gasteiger partial charge in [0.15, 0.2) is 11.5 Å². The zero-order chi connectivity index (χ0) is 15.3. The van der Waals surface area contributed by atoms with Crippen LogP contribution in [0.15, 0.2) is 6.07 Å². The summed E-state index contributed by atoms with van der Waals surface area (Å²) in [6.45, 7) is 1.68. The van der Waals surface area contributed by atoms with Crippen molar-refractivity contribution < 1.29 is 28.5 Å². The molecule has 6 nitrogen and oxygen atoms in total. The van der Waals surface area contributed by atoms with Gasteiger partial charge in [0.2, 0.25) is 5.75 Å². The molecule has 0 N–H and O–H groups in total. The summed E-state index contributed by atoms with van der Waals surface area (Å²) >= 11 is 6.02. The third-order valence-corrected chi connectivity index (χ3v) is 2.77. The van der Waals surface area contributed by atoms with Crippen molar-refractivity contribution in [2.45, 2.75) is 6.92 Å². The summed E-state index contributed by atoms with van der Waals surface area (Å²) in [5, 5.41) is 0.0116. The van der Waals surface area contributed by atoms with Gasteiger partial charge in [-0.1, -0.05) is 11.6 Å². The number of ether oxygens (including phenoxy) is 4. The lowest BCUT2D eigenvalue weighted by Crippen LogP contribution is -2.19. The van der Waals surface area contributed by atoms with Crippen molar-refractivity contribution in [3.63, 3.8) is 0 Å². The van der Waals surface area contributed by atoms with E-state index in [1.165, 1.54) is 27.4 Å².